The molecule has 0 bridgehead atoms. The maximum atomic E-state index is 12.3. The smallest absolute Gasteiger partial charge is 0.410 e. The lowest BCUT2D eigenvalue weighted by Crippen LogP contribution is -2.44. The van der Waals surface area contributed by atoms with Gasteiger partial charge in [-0.3, -0.25) is 4.79 Å². The first-order valence-corrected chi connectivity index (χ1v) is 11.1. The zero-order chi connectivity index (χ0) is 24.7. The third-order valence-electron chi connectivity index (χ3n) is 5.10. The summed E-state index contributed by atoms with van der Waals surface area (Å²) in [4.78, 5) is 26.2. The van der Waals surface area contributed by atoms with Crippen molar-refractivity contribution < 1.29 is 23.8 Å². The Labute approximate surface area is 199 Å². The summed E-state index contributed by atoms with van der Waals surface area (Å²) in [6.45, 7) is 6.46. The van der Waals surface area contributed by atoms with E-state index in [0.717, 1.165) is 5.01 Å². The average Bonchev–Trinajstić information content (AvgIpc) is 2.82. The van der Waals surface area contributed by atoms with Gasteiger partial charge in [-0.25, -0.2) is 15.6 Å². The maximum Gasteiger partial charge on any atom is 0.410 e. The summed E-state index contributed by atoms with van der Waals surface area (Å²) >= 11 is 0. The van der Waals surface area contributed by atoms with Crippen LogP contribution < -0.4 is 20.3 Å². The van der Waals surface area contributed by atoms with E-state index in [1.165, 1.54) is 6.07 Å². The van der Waals surface area contributed by atoms with Crippen molar-refractivity contribution >= 4 is 17.7 Å². The topological polar surface area (TPSA) is 118 Å². The highest BCUT2D eigenvalue weighted by Gasteiger charge is 2.27. The van der Waals surface area contributed by atoms with E-state index in [2.05, 4.69) is 0 Å². The number of hydrazine groups is 1. The number of rotatable bonds is 6. The van der Waals surface area contributed by atoms with Crippen molar-refractivity contribution in [2.45, 2.75) is 45.3 Å². The second-order valence-corrected chi connectivity index (χ2v) is 8.97. The Morgan fingerprint density at radius 3 is 2.38 bits per heavy atom. The SMILES string of the molecule is CC(C)(C)OC(=O)N1CCC(Oc2ccc(OCC(=O)N(N)c3cccc(C#N)c3)cc2)CC1. The lowest BCUT2D eigenvalue weighted by molar-refractivity contribution is -0.120. The fourth-order valence-electron chi connectivity index (χ4n) is 3.37. The molecule has 1 heterocycles. The summed E-state index contributed by atoms with van der Waals surface area (Å²) in [6.07, 6.45) is 1.13. The molecule has 2 N–H and O–H groups in total. The van der Waals surface area contributed by atoms with Gasteiger partial charge >= 0.3 is 6.09 Å². The van der Waals surface area contributed by atoms with Gasteiger partial charge in [-0.1, -0.05) is 6.07 Å². The third-order valence-corrected chi connectivity index (χ3v) is 5.10. The van der Waals surface area contributed by atoms with Gasteiger partial charge in [0.05, 0.1) is 17.3 Å². The number of anilines is 1. The molecule has 34 heavy (non-hydrogen) atoms. The van der Waals surface area contributed by atoms with Crippen LogP contribution in [0.25, 0.3) is 0 Å². The number of carbonyl (C=O) groups is 2. The van der Waals surface area contributed by atoms with Crippen LogP contribution in [0.5, 0.6) is 11.5 Å². The molecule has 1 aliphatic heterocycles. The zero-order valence-corrected chi connectivity index (χ0v) is 19.7. The summed E-state index contributed by atoms with van der Waals surface area (Å²) in [5.74, 6) is 6.59. The van der Waals surface area contributed by atoms with E-state index < -0.39 is 11.5 Å². The number of nitriles is 1. The van der Waals surface area contributed by atoms with Crippen LogP contribution in [0.3, 0.4) is 0 Å². The van der Waals surface area contributed by atoms with Gasteiger partial charge in [0.25, 0.3) is 5.91 Å². The van der Waals surface area contributed by atoms with Crippen LogP contribution in [-0.2, 0) is 9.53 Å². The molecule has 0 radical (unpaired) electrons. The summed E-state index contributed by atoms with van der Waals surface area (Å²) in [6, 6.07) is 15.5. The number of hydrogen-bond donors (Lipinski definition) is 1. The minimum Gasteiger partial charge on any atom is -0.490 e. The molecule has 0 saturated carbocycles. The first-order valence-electron chi connectivity index (χ1n) is 11.1. The number of ether oxygens (including phenoxy) is 3. The Kier molecular flexibility index (Phi) is 7.97. The van der Waals surface area contributed by atoms with E-state index in [0.29, 0.717) is 48.7 Å². The second-order valence-electron chi connectivity index (χ2n) is 8.97. The highest BCUT2D eigenvalue weighted by atomic mass is 16.6. The molecule has 0 aliphatic carbocycles. The summed E-state index contributed by atoms with van der Waals surface area (Å²) in [5, 5.41) is 9.94. The number of likely N-dealkylation sites (tertiary alicyclic amines) is 1. The molecule has 2 amide bonds. The van der Waals surface area contributed by atoms with Gasteiger partial charge in [0.2, 0.25) is 0 Å². The molecule has 1 fully saturated rings. The van der Waals surface area contributed by atoms with Crippen LogP contribution in [0.2, 0.25) is 0 Å². The standard InChI is InChI=1S/C25H30N4O5/c1-25(2,3)34-24(31)28-13-11-22(12-14-28)33-21-9-7-20(8-10-21)32-17-23(30)29(27)19-6-4-5-18(15-19)16-26/h4-10,15,22H,11-14,17,27H2,1-3H3. The van der Waals surface area contributed by atoms with Crippen molar-refractivity contribution in [3.63, 3.8) is 0 Å². The number of piperidine rings is 1. The molecule has 2 aromatic carbocycles. The molecule has 0 unspecified atom stereocenters. The molecule has 180 valence electrons. The van der Waals surface area contributed by atoms with Gasteiger partial charge in [-0.2, -0.15) is 5.26 Å². The molecule has 0 atom stereocenters. The number of amides is 2. The Balaban J connectivity index is 1.44. The maximum absolute atomic E-state index is 12.3. The van der Waals surface area contributed by atoms with Crippen molar-refractivity contribution in [1.82, 2.24) is 4.90 Å². The molecular formula is C25H30N4O5. The first-order chi connectivity index (χ1) is 16.1. The van der Waals surface area contributed by atoms with Gasteiger partial charge in [-0.15, -0.1) is 0 Å². The van der Waals surface area contributed by atoms with Crippen LogP contribution >= 0.6 is 0 Å². The molecule has 3 rings (SSSR count). The van der Waals surface area contributed by atoms with E-state index in [-0.39, 0.29) is 18.8 Å². The van der Waals surface area contributed by atoms with Gasteiger partial charge in [0.1, 0.15) is 23.2 Å². The molecular weight excluding hydrogens is 436 g/mol. The van der Waals surface area contributed by atoms with Crippen LogP contribution in [0, 0.1) is 11.3 Å². The molecule has 1 aliphatic rings. The summed E-state index contributed by atoms with van der Waals surface area (Å²) in [5.41, 5.74) is 0.311. The van der Waals surface area contributed by atoms with Gasteiger partial charge in [-0.05, 0) is 63.2 Å². The van der Waals surface area contributed by atoms with Gasteiger partial charge in [0, 0.05) is 25.9 Å². The minimum absolute atomic E-state index is 0.00186. The average molecular weight is 467 g/mol. The van der Waals surface area contributed by atoms with Crippen LogP contribution in [-0.4, -0.2) is 48.3 Å². The zero-order valence-electron chi connectivity index (χ0n) is 19.7. The Morgan fingerprint density at radius 1 is 1.12 bits per heavy atom. The van der Waals surface area contributed by atoms with Crippen molar-refractivity contribution in [2.75, 3.05) is 24.7 Å². The Morgan fingerprint density at radius 2 is 1.76 bits per heavy atom. The number of nitrogens with zero attached hydrogens (tertiary/aromatic N) is 3. The summed E-state index contributed by atoms with van der Waals surface area (Å²) < 4.78 is 17.0. The van der Waals surface area contributed by atoms with Crippen LogP contribution in [0.4, 0.5) is 10.5 Å². The number of nitrogens with two attached hydrogens (primary N) is 1. The Bertz CT molecular complexity index is 1030. The Hall–Kier alpha value is -3.77. The fraction of sp³-hybridized carbons (Fsp3) is 0.400. The monoisotopic (exact) mass is 466 g/mol. The first kappa shape index (κ1) is 24.9. The highest BCUT2D eigenvalue weighted by molar-refractivity contribution is 5.93. The lowest BCUT2D eigenvalue weighted by Gasteiger charge is -2.33. The number of hydrogen-bond acceptors (Lipinski definition) is 7. The van der Waals surface area contributed by atoms with E-state index in [9.17, 15) is 9.59 Å². The van der Waals surface area contributed by atoms with E-state index in [1.54, 1.807) is 47.4 Å². The molecule has 0 aromatic heterocycles. The molecule has 1 saturated heterocycles. The van der Waals surface area contributed by atoms with E-state index in [1.807, 2.05) is 26.8 Å². The van der Waals surface area contributed by atoms with Gasteiger partial charge < -0.3 is 19.1 Å². The van der Waals surface area contributed by atoms with Gasteiger partial charge in [0.15, 0.2) is 6.61 Å². The molecule has 2 aromatic rings. The number of carbonyl (C=O) groups excluding carboxylic acids is 2. The van der Waals surface area contributed by atoms with E-state index >= 15 is 0 Å². The predicted octanol–water partition coefficient (Wildman–Crippen LogP) is 3.62. The lowest BCUT2D eigenvalue weighted by atomic mass is 10.1. The molecule has 9 heteroatoms. The summed E-state index contributed by atoms with van der Waals surface area (Å²) in [7, 11) is 0. The normalized spacial score (nSPS) is 14.1. The van der Waals surface area contributed by atoms with Crippen molar-refractivity contribution in [1.29, 1.82) is 5.26 Å². The fourth-order valence-corrected chi connectivity index (χ4v) is 3.37. The third kappa shape index (κ3) is 7.12. The molecule has 0 spiro atoms. The largest absolute Gasteiger partial charge is 0.490 e. The number of benzene rings is 2. The molecule has 9 nitrogen and oxygen atoms in total. The highest BCUT2D eigenvalue weighted by Crippen LogP contribution is 2.23. The quantitative estimate of drug-likeness (QED) is 0.392. The van der Waals surface area contributed by atoms with Crippen LogP contribution in [0.1, 0.15) is 39.2 Å². The van der Waals surface area contributed by atoms with Crippen LogP contribution in [0.15, 0.2) is 48.5 Å². The minimum atomic E-state index is -0.510. The van der Waals surface area contributed by atoms with Crippen molar-refractivity contribution in [2.24, 2.45) is 5.84 Å². The van der Waals surface area contributed by atoms with Crippen molar-refractivity contribution in [3.05, 3.63) is 54.1 Å². The predicted molar refractivity (Wildman–Crippen MR) is 126 cm³/mol. The van der Waals surface area contributed by atoms with E-state index in [4.69, 9.17) is 25.3 Å². The van der Waals surface area contributed by atoms with Crippen molar-refractivity contribution in [3.8, 4) is 17.6 Å². The second kappa shape index (κ2) is 10.9.